The van der Waals surface area contributed by atoms with E-state index in [0.29, 0.717) is 0 Å². The van der Waals surface area contributed by atoms with E-state index in [1.807, 2.05) is 18.2 Å². The summed E-state index contributed by atoms with van der Waals surface area (Å²) in [5, 5.41) is 7.46. The zero-order chi connectivity index (χ0) is 13.9. The Morgan fingerprint density at radius 1 is 1.25 bits per heavy atom. The van der Waals surface area contributed by atoms with Gasteiger partial charge in [0.2, 0.25) is 0 Å². The number of thiazole rings is 1. The van der Waals surface area contributed by atoms with Gasteiger partial charge in [-0.25, -0.2) is 9.97 Å². The smallest absolute Gasteiger partial charge is 0.143 e. The van der Waals surface area contributed by atoms with Crippen LogP contribution in [0.3, 0.4) is 0 Å². The number of fused-ring (bicyclic) bond motifs is 1. The van der Waals surface area contributed by atoms with Crippen LogP contribution < -0.4 is 5.32 Å². The number of nitrogens with zero attached hydrogens (tertiary/aromatic N) is 2. The molecule has 3 rings (SSSR count). The Morgan fingerprint density at radius 2 is 2.10 bits per heavy atom. The van der Waals surface area contributed by atoms with Gasteiger partial charge in [0.1, 0.15) is 10.7 Å². The van der Waals surface area contributed by atoms with E-state index >= 15 is 0 Å². The van der Waals surface area contributed by atoms with Gasteiger partial charge in [0, 0.05) is 21.8 Å². The van der Waals surface area contributed by atoms with Crippen molar-refractivity contribution in [2.24, 2.45) is 0 Å². The molecule has 0 saturated heterocycles. The zero-order valence-corrected chi connectivity index (χ0v) is 13.5. The maximum Gasteiger partial charge on any atom is 0.143 e. The van der Waals surface area contributed by atoms with E-state index in [9.17, 15) is 0 Å². The van der Waals surface area contributed by atoms with Crippen LogP contribution in [0.5, 0.6) is 0 Å². The van der Waals surface area contributed by atoms with E-state index in [1.165, 1.54) is 0 Å². The third-order valence-corrected chi connectivity index (χ3v) is 4.49. The first kappa shape index (κ1) is 13.7. The molecule has 20 heavy (non-hydrogen) atoms. The van der Waals surface area contributed by atoms with Crippen LogP contribution in [0.1, 0.15) is 12.6 Å². The molecular weight excluding hydrogens is 334 g/mol. The zero-order valence-electron chi connectivity index (χ0n) is 11.1. The lowest BCUT2D eigenvalue weighted by atomic mass is 10.2. The van der Waals surface area contributed by atoms with Gasteiger partial charge in [-0.2, -0.15) is 0 Å². The predicted octanol–water partition coefficient (Wildman–Crippen LogP) is 4.23. The normalized spacial score (nSPS) is 11.1. The molecule has 0 amide bonds. The van der Waals surface area contributed by atoms with Crippen molar-refractivity contribution in [1.29, 1.82) is 0 Å². The summed E-state index contributed by atoms with van der Waals surface area (Å²) in [7, 11) is 0. The number of aromatic nitrogens is 2. The number of halogens is 1. The topological polar surface area (TPSA) is 37.8 Å². The lowest BCUT2D eigenvalue weighted by Crippen LogP contribution is -2.11. The standard InChI is InChI=1S/C15H14BrN3S/c1-2-17-8-11-9-20-15(18-11)14-12(16)7-10-5-3-4-6-13(10)19-14/h3-7,9,17H,2,8H2,1H3. The van der Waals surface area contributed by atoms with Gasteiger partial charge in [-0.05, 0) is 34.6 Å². The minimum Gasteiger partial charge on any atom is -0.311 e. The first-order valence-electron chi connectivity index (χ1n) is 6.48. The molecule has 0 aliphatic carbocycles. The second kappa shape index (κ2) is 5.99. The fraction of sp³-hybridized carbons (Fsp3) is 0.200. The fourth-order valence-corrected chi connectivity index (χ4v) is 3.47. The molecule has 2 aromatic heterocycles. The number of para-hydroxylation sites is 1. The van der Waals surface area contributed by atoms with Crippen molar-refractivity contribution < 1.29 is 0 Å². The van der Waals surface area contributed by atoms with Crippen LogP contribution in [-0.2, 0) is 6.54 Å². The molecule has 2 heterocycles. The van der Waals surface area contributed by atoms with E-state index in [1.54, 1.807) is 11.3 Å². The van der Waals surface area contributed by atoms with Gasteiger partial charge >= 0.3 is 0 Å². The summed E-state index contributed by atoms with van der Waals surface area (Å²) in [5.41, 5.74) is 2.97. The SMILES string of the molecule is CCNCc1csc(-c2nc3ccccc3cc2Br)n1. The third-order valence-electron chi connectivity index (χ3n) is 2.99. The molecule has 3 nitrogen and oxygen atoms in total. The van der Waals surface area contributed by atoms with Crippen molar-refractivity contribution in [1.82, 2.24) is 15.3 Å². The summed E-state index contributed by atoms with van der Waals surface area (Å²) < 4.78 is 0.987. The average molecular weight is 348 g/mol. The van der Waals surface area contributed by atoms with Gasteiger partial charge in [0.15, 0.2) is 0 Å². The van der Waals surface area contributed by atoms with Gasteiger partial charge in [-0.15, -0.1) is 11.3 Å². The molecule has 0 fully saturated rings. The van der Waals surface area contributed by atoms with E-state index in [0.717, 1.165) is 44.9 Å². The first-order valence-corrected chi connectivity index (χ1v) is 8.16. The van der Waals surface area contributed by atoms with E-state index in [4.69, 9.17) is 4.98 Å². The second-order valence-electron chi connectivity index (χ2n) is 4.44. The van der Waals surface area contributed by atoms with Crippen LogP contribution in [0.15, 0.2) is 40.2 Å². The predicted molar refractivity (Wildman–Crippen MR) is 87.9 cm³/mol. The molecule has 0 spiro atoms. The molecule has 0 bridgehead atoms. The largest absolute Gasteiger partial charge is 0.311 e. The van der Waals surface area contributed by atoms with Gasteiger partial charge < -0.3 is 5.32 Å². The van der Waals surface area contributed by atoms with Crippen molar-refractivity contribution in [3.8, 4) is 10.7 Å². The molecule has 0 aliphatic rings. The maximum absolute atomic E-state index is 4.72. The summed E-state index contributed by atoms with van der Waals surface area (Å²) in [5.74, 6) is 0. The third kappa shape index (κ3) is 2.75. The Kier molecular flexibility index (Phi) is 4.10. The van der Waals surface area contributed by atoms with Crippen LogP contribution in [0.2, 0.25) is 0 Å². The lowest BCUT2D eigenvalue weighted by molar-refractivity contribution is 0.714. The van der Waals surface area contributed by atoms with E-state index in [-0.39, 0.29) is 0 Å². The molecule has 0 atom stereocenters. The summed E-state index contributed by atoms with van der Waals surface area (Å²) >= 11 is 5.24. The minimum atomic E-state index is 0.804. The molecule has 3 aromatic rings. The van der Waals surface area contributed by atoms with Gasteiger partial charge in [-0.3, -0.25) is 0 Å². The molecular formula is C15H14BrN3S. The molecule has 5 heteroatoms. The van der Waals surface area contributed by atoms with Crippen molar-refractivity contribution in [2.75, 3.05) is 6.54 Å². The molecule has 0 saturated carbocycles. The summed E-state index contributed by atoms with van der Waals surface area (Å²) in [6, 6.07) is 10.2. The van der Waals surface area contributed by atoms with Crippen molar-refractivity contribution >= 4 is 38.2 Å². The van der Waals surface area contributed by atoms with Gasteiger partial charge in [-0.1, -0.05) is 25.1 Å². The number of pyridine rings is 1. The lowest BCUT2D eigenvalue weighted by Gasteiger charge is -2.03. The highest BCUT2D eigenvalue weighted by Gasteiger charge is 2.11. The molecule has 1 aromatic carbocycles. The summed E-state index contributed by atoms with van der Waals surface area (Å²) in [4.78, 5) is 9.37. The highest BCUT2D eigenvalue weighted by molar-refractivity contribution is 9.10. The quantitative estimate of drug-likeness (QED) is 0.767. The highest BCUT2D eigenvalue weighted by atomic mass is 79.9. The highest BCUT2D eigenvalue weighted by Crippen LogP contribution is 2.31. The summed E-state index contributed by atoms with van der Waals surface area (Å²) in [6.45, 7) is 3.84. The number of hydrogen-bond acceptors (Lipinski definition) is 4. The average Bonchev–Trinajstić information content (AvgIpc) is 2.93. The van der Waals surface area contributed by atoms with Crippen molar-refractivity contribution in [2.45, 2.75) is 13.5 Å². The van der Waals surface area contributed by atoms with Crippen molar-refractivity contribution in [3.63, 3.8) is 0 Å². The van der Waals surface area contributed by atoms with Gasteiger partial charge in [0.05, 0.1) is 11.2 Å². The second-order valence-corrected chi connectivity index (χ2v) is 6.15. The Balaban J connectivity index is 2.00. The molecule has 0 aliphatic heterocycles. The van der Waals surface area contributed by atoms with Crippen LogP contribution in [0.25, 0.3) is 21.6 Å². The Hall–Kier alpha value is -1.30. The maximum atomic E-state index is 4.72. The molecule has 1 N–H and O–H groups in total. The molecule has 0 radical (unpaired) electrons. The Labute approximate surface area is 130 Å². The minimum absolute atomic E-state index is 0.804. The molecule has 102 valence electrons. The number of nitrogens with one attached hydrogen (secondary N) is 1. The summed E-state index contributed by atoms with van der Waals surface area (Å²) in [6.07, 6.45) is 0. The molecule has 0 unspecified atom stereocenters. The van der Waals surface area contributed by atoms with Crippen LogP contribution in [0, 0.1) is 0 Å². The van der Waals surface area contributed by atoms with E-state index in [2.05, 4.69) is 50.7 Å². The van der Waals surface area contributed by atoms with Gasteiger partial charge in [0.25, 0.3) is 0 Å². The first-order chi connectivity index (χ1) is 9.78. The monoisotopic (exact) mass is 347 g/mol. The number of hydrogen-bond donors (Lipinski definition) is 1. The van der Waals surface area contributed by atoms with E-state index < -0.39 is 0 Å². The van der Waals surface area contributed by atoms with Crippen LogP contribution >= 0.6 is 27.3 Å². The Morgan fingerprint density at radius 3 is 2.95 bits per heavy atom. The number of benzene rings is 1. The van der Waals surface area contributed by atoms with Crippen molar-refractivity contribution in [3.05, 3.63) is 45.9 Å². The Bertz CT molecular complexity index is 739. The van der Waals surface area contributed by atoms with Crippen LogP contribution in [-0.4, -0.2) is 16.5 Å². The fourth-order valence-electron chi connectivity index (χ4n) is 1.99. The number of rotatable bonds is 4. The van der Waals surface area contributed by atoms with Crippen LogP contribution in [0.4, 0.5) is 0 Å².